The highest BCUT2D eigenvalue weighted by atomic mass is 79.9. The Morgan fingerprint density at radius 3 is 3.25 bits per heavy atom. The molecule has 0 bridgehead atoms. The molecular weight excluding hydrogens is 224 g/mol. The summed E-state index contributed by atoms with van der Waals surface area (Å²) in [6.45, 7) is 2.46. The van der Waals surface area contributed by atoms with E-state index in [1.54, 1.807) is 10.9 Å². The number of hydrogen-bond donors (Lipinski definition) is 1. The monoisotopic (exact) mass is 232 g/mol. The topological polar surface area (TPSA) is 47.3 Å². The van der Waals surface area contributed by atoms with E-state index in [0.29, 0.717) is 12.4 Å². The summed E-state index contributed by atoms with van der Waals surface area (Å²) in [5.41, 5.74) is -0.508. The molecule has 1 aliphatic rings. The molecule has 12 heavy (non-hydrogen) atoms. The lowest BCUT2D eigenvalue weighted by atomic mass is 10.1. The van der Waals surface area contributed by atoms with Gasteiger partial charge in [0.2, 0.25) is 5.88 Å². The first-order valence-electron chi connectivity index (χ1n) is 3.66. The Hall–Kier alpha value is -0.550. The molecule has 2 heterocycles. The Morgan fingerprint density at radius 1 is 1.92 bits per heavy atom. The van der Waals surface area contributed by atoms with Crippen molar-refractivity contribution >= 4 is 15.9 Å². The quantitative estimate of drug-likeness (QED) is 0.779. The maximum absolute atomic E-state index is 9.03. The van der Waals surface area contributed by atoms with E-state index in [9.17, 15) is 0 Å². The number of aliphatic hydroxyl groups excluding tert-OH is 1. The van der Waals surface area contributed by atoms with Gasteiger partial charge >= 0.3 is 0 Å². The zero-order chi connectivity index (χ0) is 8.77. The lowest BCUT2D eigenvalue weighted by molar-refractivity contribution is 0.0413. The fourth-order valence-electron chi connectivity index (χ4n) is 1.23. The van der Waals surface area contributed by atoms with Crippen molar-refractivity contribution in [2.45, 2.75) is 19.1 Å². The van der Waals surface area contributed by atoms with Crippen LogP contribution >= 0.6 is 15.9 Å². The number of fused-ring (bicyclic) bond motifs is 1. The van der Waals surface area contributed by atoms with Gasteiger partial charge in [0, 0.05) is 0 Å². The Labute approximate surface area is 78.3 Å². The summed E-state index contributed by atoms with van der Waals surface area (Å²) in [5.74, 6) is 0.701. The second kappa shape index (κ2) is 2.47. The van der Waals surface area contributed by atoms with E-state index in [1.807, 2.05) is 6.92 Å². The molecule has 1 aliphatic heterocycles. The zero-order valence-corrected chi connectivity index (χ0v) is 8.21. The van der Waals surface area contributed by atoms with Gasteiger partial charge in [0.25, 0.3) is 0 Å². The van der Waals surface area contributed by atoms with Crippen molar-refractivity contribution in [2.75, 3.05) is 6.61 Å². The average molecular weight is 233 g/mol. The van der Waals surface area contributed by atoms with Crippen molar-refractivity contribution in [3.63, 3.8) is 0 Å². The average Bonchev–Trinajstić information content (AvgIpc) is 2.53. The summed E-state index contributed by atoms with van der Waals surface area (Å²) < 4.78 is 8.09. The number of hydrogen-bond acceptors (Lipinski definition) is 3. The van der Waals surface area contributed by atoms with Crippen LogP contribution in [0.2, 0.25) is 0 Å². The number of rotatable bonds is 1. The second-order valence-corrected chi connectivity index (χ2v) is 4.02. The van der Waals surface area contributed by atoms with Gasteiger partial charge in [-0.15, -0.1) is 0 Å². The molecule has 0 aliphatic carbocycles. The largest absolute Gasteiger partial charge is 0.466 e. The van der Waals surface area contributed by atoms with E-state index in [1.165, 1.54) is 0 Å². The number of aromatic nitrogens is 2. The maximum Gasteiger partial charge on any atom is 0.227 e. The van der Waals surface area contributed by atoms with E-state index in [2.05, 4.69) is 21.0 Å². The molecule has 1 aromatic heterocycles. The molecule has 0 saturated heterocycles. The van der Waals surface area contributed by atoms with Crippen LogP contribution in [0, 0.1) is 0 Å². The van der Waals surface area contributed by atoms with E-state index in [4.69, 9.17) is 9.84 Å². The first-order chi connectivity index (χ1) is 5.64. The van der Waals surface area contributed by atoms with Gasteiger partial charge in [0.15, 0.2) is 5.60 Å². The highest BCUT2D eigenvalue weighted by Crippen LogP contribution is 2.34. The standard InChI is InChI=1S/C7H9BrN2O2/c1-7(4-11)3-10-6(12-7)5(8)2-9-10/h2,11H,3-4H2,1H3. The Balaban J connectivity index is 2.33. The van der Waals surface area contributed by atoms with E-state index in [0.717, 1.165) is 4.47 Å². The Kier molecular flexibility index (Phi) is 1.66. The molecule has 0 spiro atoms. The molecule has 0 fully saturated rings. The number of aliphatic hydroxyl groups is 1. The molecule has 1 N–H and O–H groups in total. The van der Waals surface area contributed by atoms with Gasteiger partial charge in [-0.2, -0.15) is 5.10 Å². The van der Waals surface area contributed by atoms with Crippen LogP contribution in [0.25, 0.3) is 0 Å². The van der Waals surface area contributed by atoms with E-state index >= 15 is 0 Å². The summed E-state index contributed by atoms with van der Waals surface area (Å²) in [7, 11) is 0. The van der Waals surface area contributed by atoms with Crippen LogP contribution in [-0.4, -0.2) is 27.1 Å². The van der Waals surface area contributed by atoms with Crippen molar-refractivity contribution < 1.29 is 9.84 Å². The molecule has 0 radical (unpaired) electrons. The fourth-order valence-corrected chi connectivity index (χ4v) is 1.61. The summed E-state index contributed by atoms with van der Waals surface area (Å²) in [6, 6.07) is 0. The molecule has 1 unspecified atom stereocenters. The predicted molar refractivity (Wildman–Crippen MR) is 46.0 cm³/mol. The van der Waals surface area contributed by atoms with Gasteiger partial charge < -0.3 is 9.84 Å². The van der Waals surface area contributed by atoms with Crippen molar-refractivity contribution in [2.24, 2.45) is 0 Å². The number of halogens is 1. The van der Waals surface area contributed by atoms with Crippen LogP contribution < -0.4 is 4.74 Å². The first kappa shape index (κ1) is 8.07. The van der Waals surface area contributed by atoms with Crippen LogP contribution in [0.15, 0.2) is 10.7 Å². The minimum Gasteiger partial charge on any atom is -0.466 e. The van der Waals surface area contributed by atoms with Crippen LogP contribution in [0.1, 0.15) is 6.92 Å². The van der Waals surface area contributed by atoms with Gasteiger partial charge in [-0.05, 0) is 22.9 Å². The maximum atomic E-state index is 9.03. The normalized spacial score (nSPS) is 26.9. The molecule has 5 heteroatoms. The minimum atomic E-state index is -0.508. The minimum absolute atomic E-state index is 0.00278. The van der Waals surface area contributed by atoms with Crippen molar-refractivity contribution in [3.8, 4) is 5.88 Å². The van der Waals surface area contributed by atoms with Gasteiger partial charge in [-0.3, -0.25) is 0 Å². The molecule has 66 valence electrons. The molecule has 0 amide bonds. The van der Waals surface area contributed by atoms with Crippen LogP contribution in [0.5, 0.6) is 5.88 Å². The van der Waals surface area contributed by atoms with Gasteiger partial charge in [-0.25, -0.2) is 4.68 Å². The summed E-state index contributed by atoms with van der Waals surface area (Å²) in [4.78, 5) is 0. The third-order valence-electron chi connectivity index (χ3n) is 1.91. The van der Waals surface area contributed by atoms with Crippen molar-refractivity contribution in [1.82, 2.24) is 9.78 Å². The third kappa shape index (κ3) is 1.04. The molecule has 0 saturated carbocycles. The second-order valence-electron chi connectivity index (χ2n) is 3.17. The number of ether oxygens (including phenoxy) is 1. The van der Waals surface area contributed by atoms with Crippen molar-refractivity contribution in [3.05, 3.63) is 10.7 Å². The lowest BCUT2D eigenvalue weighted by Crippen LogP contribution is -2.35. The highest BCUT2D eigenvalue weighted by Gasteiger charge is 2.36. The van der Waals surface area contributed by atoms with E-state index in [-0.39, 0.29) is 6.61 Å². The van der Waals surface area contributed by atoms with Crippen LogP contribution in [0.3, 0.4) is 0 Å². The Bertz CT molecular complexity index is 312. The SMILES string of the molecule is CC1(CO)Cn2ncc(Br)c2O1. The van der Waals surface area contributed by atoms with Gasteiger partial charge in [-0.1, -0.05) is 0 Å². The summed E-state index contributed by atoms with van der Waals surface area (Å²) >= 11 is 3.31. The smallest absolute Gasteiger partial charge is 0.227 e. The van der Waals surface area contributed by atoms with Gasteiger partial charge in [0.1, 0.15) is 0 Å². The lowest BCUT2D eigenvalue weighted by Gasteiger charge is -2.18. The van der Waals surface area contributed by atoms with Crippen molar-refractivity contribution in [1.29, 1.82) is 0 Å². The summed E-state index contributed by atoms with van der Waals surface area (Å²) in [5, 5.41) is 13.1. The molecular formula is C7H9BrN2O2. The Morgan fingerprint density at radius 2 is 2.67 bits per heavy atom. The van der Waals surface area contributed by atoms with Crippen LogP contribution in [0.4, 0.5) is 0 Å². The molecule has 2 rings (SSSR count). The molecule has 0 aromatic carbocycles. The highest BCUT2D eigenvalue weighted by molar-refractivity contribution is 9.10. The van der Waals surface area contributed by atoms with Crippen LogP contribution in [-0.2, 0) is 6.54 Å². The number of nitrogens with zero attached hydrogens (tertiary/aromatic N) is 2. The molecule has 4 nitrogen and oxygen atoms in total. The third-order valence-corrected chi connectivity index (χ3v) is 2.45. The molecule has 1 aromatic rings. The zero-order valence-electron chi connectivity index (χ0n) is 6.62. The van der Waals surface area contributed by atoms with E-state index < -0.39 is 5.60 Å². The van der Waals surface area contributed by atoms with Gasteiger partial charge in [0.05, 0.1) is 23.8 Å². The fraction of sp³-hybridized carbons (Fsp3) is 0.571. The summed E-state index contributed by atoms with van der Waals surface area (Å²) in [6.07, 6.45) is 1.69. The molecule has 1 atom stereocenters. The predicted octanol–water partition coefficient (Wildman–Crippen LogP) is 0.789. The first-order valence-corrected chi connectivity index (χ1v) is 4.45.